The Morgan fingerprint density at radius 3 is 2.78 bits per heavy atom. The van der Waals surface area contributed by atoms with Crippen LogP contribution in [-0.4, -0.2) is 47.1 Å². The van der Waals surface area contributed by atoms with Gasteiger partial charge in [0.1, 0.15) is 12.7 Å². The number of carbonyl (C=O) groups excluding carboxylic acids is 2. The molecule has 23 heavy (non-hydrogen) atoms. The third kappa shape index (κ3) is 4.09. The molecule has 126 valence electrons. The number of carbonyl (C=O) groups is 2. The van der Waals surface area contributed by atoms with Gasteiger partial charge in [-0.25, -0.2) is 4.79 Å². The van der Waals surface area contributed by atoms with Crippen molar-refractivity contribution in [1.82, 2.24) is 0 Å². The summed E-state index contributed by atoms with van der Waals surface area (Å²) >= 11 is 0. The van der Waals surface area contributed by atoms with Gasteiger partial charge in [0.05, 0.1) is 18.1 Å². The van der Waals surface area contributed by atoms with Crippen LogP contribution in [0.4, 0.5) is 0 Å². The Bertz CT molecular complexity index is 561. The summed E-state index contributed by atoms with van der Waals surface area (Å²) in [4.78, 5) is 22.8. The van der Waals surface area contributed by atoms with Crippen molar-refractivity contribution >= 4 is 11.9 Å². The lowest BCUT2D eigenvalue weighted by Gasteiger charge is -2.26. The van der Waals surface area contributed by atoms with Crippen LogP contribution >= 0.6 is 0 Å². The maximum atomic E-state index is 11.8. The summed E-state index contributed by atoms with van der Waals surface area (Å²) < 4.78 is 10.3. The van der Waals surface area contributed by atoms with Crippen molar-refractivity contribution in [3.8, 4) is 0 Å². The van der Waals surface area contributed by atoms with Gasteiger partial charge in [0.25, 0.3) is 0 Å². The van der Waals surface area contributed by atoms with Gasteiger partial charge < -0.3 is 19.7 Å². The molecule has 0 spiro atoms. The van der Waals surface area contributed by atoms with Crippen LogP contribution in [0.15, 0.2) is 36.0 Å². The van der Waals surface area contributed by atoms with Gasteiger partial charge in [-0.3, -0.25) is 4.79 Å². The van der Waals surface area contributed by atoms with Gasteiger partial charge in [0.15, 0.2) is 0 Å². The van der Waals surface area contributed by atoms with E-state index in [1.54, 1.807) is 6.08 Å². The van der Waals surface area contributed by atoms with Crippen LogP contribution in [0.25, 0.3) is 0 Å². The zero-order valence-electron chi connectivity index (χ0n) is 13.2. The molecule has 0 aromatic rings. The molecule has 0 aromatic heterocycles. The average Bonchev–Trinajstić information content (AvgIpc) is 2.75. The SMILES string of the molecule is C=C1C(=O)O[C@@H]2/C=C(\COC(C)=O)CC[C@@H](O)C(=C)C[C@H](O)[C@@H]12. The van der Waals surface area contributed by atoms with Crippen molar-refractivity contribution in [2.75, 3.05) is 6.61 Å². The molecule has 0 saturated carbocycles. The maximum absolute atomic E-state index is 11.8. The molecule has 4 atom stereocenters. The zero-order chi connectivity index (χ0) is 17.1. The Labute approximate surface area is 135 Å². The van der Waals surface area contributed by atoms with Crippen LogP contribution in [-0.2, 0) is 19.1 Å². The van der Waals surface area contributed by atoms with Crippen molar-refractivity contribution < 1.29 is 29.3 Å². The fourth-order valence-corrected chi connectivity index (χ4v) is 2.88. The molecular formula is C17H22O6. The summed E-state index contributed by atoms with van der Waals surface area (Å²) in [5.41, 5.74) is 1.42. The molecule has 0 aromatic carbocycles. The number of hydrogen-bond donors (Lipinski definition) is 2. The Hall–Kier alpha value is -1.92. The van der Waals surface area contributed by atoms with Crippen molar-refractivity contribution in [3.63, 3.8) is 0 Å². The zero-order valence-corrected chi connectivity index (χ0v) is 13.2. The summed E-state index contributed by atoms with van der Waals surface area (Å²) in [6.45, 7) is 8.87. The van der Waals surface area contributed by atoms with E-state index < -0.39 is 36.2 Å². The van der Waals surface area contributed by atoms with Gasteiger partial charge in [-0.2, -0.15) is 0 Å². The second-order valence-electron chi connectivity index (χ2n) is 6.01. The Morgan fingerprint density at radius 2 is 2.13 bits per heavy atom. The second kappa shape index (κ2) is 7.10. The molecule has 2 aliphatic rings. The van der Waals surface area contributed by atoms with Crippen molar-refractivity contribution in [2.45, 2.75) is 44.5 Å². The topological polar surface area (TPSA) is 93.1 Å². The van der Waals surface area contributed by atoms with Crippen LogP contribution in [0.1, 0.15) is 26.2 Å². The molecule has 2 rings (SSSR count). The minimum Gasteiger partial charge on any atom is -0.461 e. The highest BCUT2D eigenvalue weighted by Crippen LogP contribution is 2.35. The fraction of sp³-hybridized carbons (Fsp3) is 0.529. The lowest BCUT2D eigenvalue weighted by atomic mass is 9.84. The van der Waals surface area contributed by atoms with Crippen LogP contribution in [0, 0.1) is 5.92 Å². The maximum Gasteiger partial charge on any atom is 0.334 e. The van der Waals surface area contributed by atoms with E-state index >= 15 is 0 Å². The number of rotatable bonds is 2. The van der Waals surface area contributed by atoms with Gasteiger partial charge in [0.2, 0.25) is 0 Å². The molecule has 1 saturated heterocycles. The standard InChI is InChI=1S/C17H22O6/c1-9-6-14(20)16-10(2)17(21)23-15(16)7-12(4-5-13(9)19)8-22-11(3)18/h7,13-16,19-20H,1-2,4-6,8H2,3H3/b12-7-/t13-,14+,15-,16-/m1/s1. The highest BCUT2D eigenvalue weighted by Gasteiger charge is 2.42. The van der Waals surface area contributed by atoms with Gasteiger partial charge in [-0.1, -0.05) is 13.2 Å². The molecule has 6 nitrogen and oxygen atoms in total. The molecule has 2 N–H and O–H groups in total. The minimum absolute atomic E-state index is 0.0534. The lowest BCUT2D eigenvalue weighted by molar-refractivity contribution is -0.140. The molecule has 1 aliphatic heterocycles. The molecule has 0 amide bonds. The highest BCUT2D eigenvalue weighted by molar-refractivity contribution is 5.91. The number of aliphatic hydroxyl groups excluding tert-OH is 2. The first-order chi connectivity index (χ1) is 10.8. The van der Waals surface area contributed by atoms with Crippen molar-refractivity contribution in [1.29, 1.82) is 0 Å². The van der Waals surface area contributed by atoms with E-state index in [4.69, 9.17) is 9.47 Å². The quantitative estimate of drug-likeness (QED) is 0.448. The molecular weight excluding hydrogens is 300 g/mol. The Balaban J connectivity index is 2.31. The monoisotopic (exact) mass is 322 g/mol. The van der Waals surface area contributed by atoms with E-state index in [1.165, 1.54) is 6.92 Å². The summed E-state index contributed by atoms with van der Waals surface area (Å²) in [6.07, 6.45) is 0.373. The number of esters is 2. The van der Waals surface area contributed by atoms with E-state index in [1.807, 2.05) is 0 Å². The van der Waals surface area contributed by atoms with Crippen LogP contribution in [0.3, 0.4) is 0 Å². The first kappa shape index (κ1) is 17.4. The van der Waals surface area contributed by atoms with Gasteiger partial charge >= 0.3 is 11.9 Å². The summed E-state index contributed by atoms with van der Waals surface area (Å²) in [6, 6.07) is 0. The first-order valence-electron chi connectivity index (χ1n) is 7.56. The summed E-state index contributed by atoms with van der Waals surface area (Å²) in [5.74, 6) is -1.57. The largest absolute Gasteiger partial charge is 0.461 e. The molecule has 0 unspecified atom stereocenters. The van der Waals surface area contributed by atoms with Crippen molar-refractivity contribution in [2.24, 2.45) is 5.92 Å². The predicted octanol–water partition coefficient (Wildman–Crippen LogP) is 1.04. The number of fused-ring (bicyclic) bond motifs is 1. The smallest absolute Gasteiger partial charge is 0.334 e. The Morgan fingerprint density at radius 1 is 1.43 bits per heavy atom. The first-order valence-corrected chi connectivity index (χ1v) is 7.56. The van der Waals surface area contributed by atoms with E-state index in [0.29, 0.717) is 18.4 Å². The minimum atomic E-state index is -0.926. The van der Waals surface area contributed by atoms with E-state index in [2.05, 4.69) is 13.2 Å². The molecule has 6 heteroatoms. The summed E-state index contributed by atoms with van der Waals surface area (Å²) in [7, 11) is 0. The molecule has 1 heterocycles. The van der Waals surface area contributed by atoms with Crippen molar-refractivity contribution in [3.05, 3.63) is 36.0 Å². The predicted molar refractivity (Wildman–Crippen MR) is 82.2 cm³/mol. The highest BCUT2D eigenvalue weighted by atomic mass is 16.6. The van der Waals surface area contributed by atoms with Gasteiger partial charge in [0, 0.05) is 12.5 Å². The molecule has 0 radical (unpaired) electrons. The van der Waals surface area contributed by atoms with Crippen LogP contribution in [0.2, 0.25) is 0 Å². The van der Waals surface area contributed by atoms with Gasteiger partial charge in [-0.05, 0) is 36.5 Å². The van der Waals surface area contributed by atoms with E-state index in [-0.39, 0.29) is 18.6 Å². The van der Waals surface area contributed by atoms with E-state index in [0.717, 1.165) is 5.57 Å². The summed E-state index contributed by atoms with van der Waals surface area (Å²) in [5, 5.41) is 20.5. The third-order valence-electron chi connectivity index (χ3n) is 4.22. The van der Waals surface area contributed by atoms with Crippen LogP contribution < -0.4 is 0 Å². The molecule has 0 bridgehead atoms. The third-order valence-corrected chi connectivity index (χ3v) is 4.22. The van der Waals surface area contributed by atoms with Crippen LogP contribution in [0.5, 0.6) is 0 Å². The fourth-order valence-electron chi connectivity index (χ4n) is 2.88. The number of aliphatic hydroxyl groups is 2. The number of ether oxygens (including phenoxy) is 2. The second-order valence-corrected chi connectivity index (χ2v) is 6.01. The molecule has 1 fully saturated rings. The van der Waals surface area contributed by atoms with Gasteiger partial charge in [-0.15, -0.1) is 0 Å². The Kier molecular flexibility index (Phi) is 5.38. The molecule has 1 aliphatic carbocycles. The lowest BCUT2D eigenvalue weighted by Crippen LogP contribution is -2.31. The number of hydrogen-bond acceptors (Lipinski definition) is 6. The normalized spacial score (nSPS) is 34.2. The average molecular weight is 322 g/mol. The van der Waals surface area contributed by atoms with E-state index in [9.17, 15) is 19.8 Å².